The molecule has 0 aromatic heterocycles. The Balaban J connectivity index is 1.26. The van der Waals surface area contributed by atoms with Crippen molar-refractivity contribution in [3.8, 4) is 11.5 Å². The molecule has 4 nitrogen and oxygen atoms in total. The van der Waals surface area contributed by atoms with Crippen LogP contribution in [0, 0.1) is 5.92 Å². The van der Waals surface area contributed by atoms with Gasteiger partial charge in [-0.15, -0.1) is 0 Å². The highest BCUT2D eigenvalue weighted by Crippen LogP contribution is 2.41. The van der Waals surface area contributed by atoms with Crippen LogP contribution < -0.4 is 14.8 Å². The van der Waals surface area contributed by atoms with Gasteiger partial charge in [0, 0.05) is 18.1 Å². The standard InChI is InChI=1S/C36H35NO3/c1-38-31-19-16-27(17-20-31)25-39-23-22-30(24-26-10-4-2-5-11-26)36-37-35(29-13-6-3-7-14-29)34-32-15-9-8-12-28(32)18-21-33(34)40-36/h2-21,30,35-37H,22-25H2,1H3/t30?,35-,36-/m0/s1. The van der Waals surface area contributed by atoms with Crippen molar-refractivity contribution in [3.63, 3.8) is 0 Å². The second-order valence-electron chi connectivity index (χ2n) is 10.4. The van der Waals surface area contributed by atoms with Crippen LogP contribution in [0.4, 0.5) is 0 Å². The van der Waals surface area contributed by atoms with Gasteiger partial charge in [0.2, 0.25) is 0 Å². The van der Waals surface area contributed by atoms with Crippen LogP contribution in [0.25, 0.3) is 10.8 Å². The Morgan fingerprint density at radius 3 is 2.25 bits per heavy atom. The van der Waals surface area contributed by atoms with Gasteiger partial charge in [0.25, 0.3) is 0 Å². The molecule has 0 amide bonds. The predicted octanol–water partition coefficient (Wildman–Crippen LogP) is 7.71. The van der Waals surface area contributed by atoms with E-state index in [1.807, 2.05) is 12.1 Å². The SMILES string of the molecule is COc1ccc(COCCC(Cc2ccccc2)[C@H]2N[C@@H](c3ccccc3)c3c(ccc4ccccc34)O2)cc1. The molecule has 0 spiro atoms. The van der Waals surface area contributed by atoms with Crippen molar-refractivity contribution in [1.82, 2.24) is 5.32 Å². The molecule has 0 saturated carbocycles. The van der Waals surface area contributed by atoms with E-state index in [2.05, 4.69) is 115 Å². The van der Waals surface area contributed by atoms with Crippen LogP contribution in [-0.2, 0) is 17.8 Å². The molecule has 1 aliphatic rings. The minimum atomic E-state index is -0.163. The highest BCUT2D eigenvalue weighted by molar-refractivity contribution is 5.89. The maximum absolute atomic E-state index is 6.79. The molecule has 3 atom stereocenters. The van der Waals surface area contributed by atoms with Crippen LogP contribution in [0.1, 0.15) is 34.7 Å². The van der Waals surface area contributed by atoms with Gasteiger partial charge >= 0.3 is 0 Å². The minimum Gasteiger partial charge on any atom is -0.497 e. The van der Waals surface area contributed by atoms with Crippen LogP contribution in [0.15, 0.2) is 121 Å². The molecule has 1 aliphatic heterocycles. The summed E-state index contributed by atoms with van der Waals surface area (Å²) in [4.78, 5) is 0. The van der Waals surface area contributed by atoms with Crippen LogP contribution >= 0.6 is 0 Å². The first-order valence-corrected chi connectivity index (χ1v) is 14.0. The molecule has 6 rings (SSSR count). The maximum atomic E-state index is 6.79. The molecule has 5 aromatic rings. The fraction of sp³-hybridized carbons (Fsp3) is 0.222. The number of methoxy groups -OCH3 is 1. The maximum Gasteiger partial charge on any atom is 0.154 e. The van der Waals surface area contributed by atoms with Crippen molar-refractivity contribution in [2.24, 2.45) is 5.92 Å². The van der Waals surface area contributed by atoms with Gasteiger partial charge in [-0.1, -0.05) is 103 Å². The van der Waals surface area contributed by atoms with Crippen molar-refractivity contribution < 1.29 is 14.2 Å². The lowest BCUT2D eigenvalue weighted by atomic mass is 9.88. The van der Waals surface area contributed by atoms with E-state index in [0.717, 1.165) is 29.9 Å². The average Bonchev–Trinajstić information content (AvgIpc) is 3.03. The van der Waals surface area contributed by atoms with Crippen LogP contribution in [0.2, 0.25) is 0 Å². The van der Waals surface area contributed by atoms with Crippen molar-refractivity contribution in [2.45, 2.75) is 31.7 Å². The summed E-state index contributed by atoms with van der Waals surface area (Å²) < 4.78 is 18.2. The third-order valence-corrected chi connectivity index (χ3v) is 7.77. The van der Waals surface area contributed by atoms with Gasteiger partial charge in [0.1, 0.15) is 11.5 Å². The number of hydrogen-bond acceptors (Lipinski definition) is 4. The van der Waals surface area contributed by atoms with Crippen LogP contribution in [-0.4, -0.2) is 19.9 Å². The van der Waals surface area contributed by atoms with Gasteiger partial charge in [-0.05, 0) is 58.5 Å². The Morgan fingerprint density at radius 2 is 1.48 bits per heavy atom. The van der Waals surface area contributed by atoms with Crippen molar-refractivity contribution in [3.05, 3.63) is 144 Å². The molecule has 4 heteroatoms. The van der Waals surface area contributed by atoms with E-state index in [1.54, 1.807) is 7.11 Å². The fourth-order valence-electron chi connectivity index (χ4n) is 5.66. The zero-order valence-corrected chi connectivity index (χ0v) is 22.8. The van der Waals surface area contributed by atoms with E-state index < -0.39 is 0 Å². The average molecular weight is 530 g/mol. The summed E-state index contributed by atoms with van der Waals surface area (Å²) in [6, 6.07) is 42.3. The molecular weight excluding hydrogens is 494 g/mol. The summed E-state index contributed by atoms with van der Waals surface area (Å²) in [6.45, 7) is 1.22. The smallest absolute Gasteiger partial charge is 0.154 e. The molecule has 1 N–H and O–H groups in total. The third kappa shape index (κ3) is 5.89. The second-order valence-corrected chi connectivity index (χ2v) is 10.4. The van der Waals surface area contributed by atoms with E-state index in [9.17, 15) is 0 Å². The summed E-state index contributed by atoms with van der Waals surface area (Å²) >= 11 is 0. The molecule has 1 heterocycles. The van der Waals surface area contributed by atoms with Crippen LogP contribution in [0.3, 0.4) is 0 Å². The summed E-state index contributed by atoms with van der Waals surface area (Å²) in [5.74, 6) is 2.02. The van der Waals surface area contributed by atoms with E-state index in [-0.39, 0.29) is 18.2 Å². The zero-order valence-electron chi connectivity index (χ0n) is 22.8. The second kappa shape index (κ2) is 12.4. The summed E-state index contributed by atoms with van der Waals surface area (Å²) in [5, 5.41) is 6.36. The van der Waals surface area contributed by atoms with E-state index in [4.69, 9.17) is 14.2 Å². The quantitative estimate of drug-likeness (QED) is 0.188. The van der Waals surface area contributed by atoms with E-state index >= 15 is 0 Å². The Hall–Kier alpha value is -4.12. The number of benzene rings is 5. The van der Waals surface area contributed by atoms with Gasteiger partial charge in [-0.3, -0.25) is 5.32 Å². The minimum absolute atomic E-state index is 0.0274. The number of fused-ring (bicyclic) bond motifs is 3. The summed E-state index contributed by atoms with van der Waals surface area (Å²) in [7, 11) is 1.68. The topological polar surface area (TPSA) is 39.7 Å². The number of nitrogens with one attached hydrogen (secondary N) is 1. The number of hydrogen-bond donors (Lipinski definition) is 1. The Bertz CT molecular complexity index is 1520. The van der Waals surface area contributed by atoms with E-state index in [0.29, 0.717) is 13.2 Å². The fourth-order valence-corrected chi connectivity index (χ4v) is 5.66. The first-order valence-electron chi connectivity index (χ1n) is 14.0. The molecule has 0 saturated heterocycles. The van der Waals surface area contributed by atoms with Crippen molar-refractivity contribution in [1.29, 1.82) is 0 Å². The molecular formula is C36H35NO3. The summed E-state index contributed by atoms with van der Waals surface area (Å²) in [6.07, 6.45) is 1.60. The molecule has 5 aromatic carbocycles. The molecule has 202 valence electrons. The first kappa shape index (κ1) is 26.1. The largest absolute Gasteiger partial charge is 0.497 e. The van der Waals surface area contributed by atoms with Gasteiger partial charge in [-0.25, -0.2) is 0 Å². The van der Waals surface area contributed by atoms with Gasteiger partial charge in [0.05, 0.1) is 19.8 Å². The first-order chi connectivity index (χ1) is 19.8. The van der Waals surface area contributed by atoms with Gasteiger partial charge < -0.3 is 14.2 Å². The molecule has 0 bridgehead atoms. The Morgan fingerprint density at radius 1 is 0.750 bits per heavy atom. The molecule has 40 heavy (non-hydrogen) atoms. The molecule has 0 fully saturated rings. The normalized spacial score (nSPS) is 17.1. The monoisotopic (exact) mass is 529 g/mol. The Kier molecular flexibility index (Phi) is 8.08. The van der Waals surface area contributed by atoms with Gasteiger partial charge in [0.15, 0.2) is 6.23 Å². The summed E-state index contributed by atoms with van der Waals surface area (Å²) in [5.41, 5.74) is 4.88. The predicted molar refractivity (Wildman–Crippen MR) is 161 cm³/mol. The zero-order chi connectivity index (χ0) is 27.1. The van der Waals surface area contributed by atoms with Crippen molar-refractivity contribution in [2.75, 3.05) is 13.7 Å². The lowest BCUT2D eigenvalue weighted by Crippen LogP contribution is -2.47. The molecule has 0 aliphatic carbocycles. The third-order valence-electron chi connectivity index (χ3n) is 7.77. The molecule has 0 radical (unpaired) electrons. The molecule has 1 unspecified atom stereocenters. The highest BCUT2D eigenvalue weighted by Gasteiger charge is 2.34. The lowest BCUT2D eigenvalue weighted by molar-refractivity contribution is 0.0419. The highest BCUT2D eigenvalue weighted by atomic mass is 16.5. The van der Waals surface area contributed by atoms with Crippen molar-refractivity contribution >= 4 is 10.8 Å². The van der Waals surface area contributed by atoms with Crippen LogP contribution in [0.5, 0.6) is 11.5 Å². The van der Waals surface area contributed by atoms with E-state index in [1.165, 1.54) is 27.5 Å². The van der Waals surface area contributed by atoms with Gasteiger partial charge in [-0.2, -0.15) is 0 Å². The lowest BCUT2D eigenvalue weighted by Gasteiger charge is -2.38. The number of ether oxygens (including phenoxy) is 3. The Labute approximate surface area is 236 Å². The number of rotatable bonds is 10.